The molecule has 0 N–H and O–H groups in total. The molecule has 2 rings (SSSR count). The fourth-order valence-electron chi connectivity index (χ4n) is 3.56. The van der Waals surface area contributed by atoms with Crippen molar-refractivity contribution in [1.82, 2.24) is 0 Å². The van der Waals surface area contributed by atoms with Gasteiger partial charge >= 0.3 is 149 Å². The Hall–Kier alpha value is 0.726. The monoisotopic (exact) mass is 520 g/mol. The second kappa shape index (κ2) is 3.14. The van der Waals surface area contributed by atoms with Crippen LogP contribution in [-0.4, -0.2) is 0 Å². The predicted molar refractivity (Wildman–Crippen MR) is 126 cm³/mol. The summed E-state index contributed by atoms with van der Waals surface area (Å²) in [6, 6.07) is 0. The minimum atomic E-state index is -3.84. The average molecular weight is 523 g/mol. The molecule has 0 nitrogen and oxygen atoms in total. The molecule has 0 heterocycles. The van der Waals surface area contributed by atoms with Gasteiger partial charge in [0, 0.05) is 0 Å². The molecule has 26 heavy (non-hydrogen) atoms. The van der Waals surface area contributed by atoms with Gasteiger partial charge in [0.2, 0.25) is 0 Å². The Balaban J connectivity index is 0.000000260. The van der Waals surface area contributed by atoms with Crippen molar-refractivity contribution in [1.29, 1.82) is 0 Å². The van der Waals surface area contributed by atoms with Gasteiger partial charge < -0.3 is 0 Å². The molecule has 2 heteroatoms. The molecule has 0 saturated carbocycles. The zero-order valence-corrected chi connectivity index (χ0v) is 25.7. The zero-order valence-electron chi connectivity index (χ0n) is 20.8. The van der Waals surface area contributed by atoms with E-state index in [1.54, 1.807) is 0 Å². The molecule has 2 aliphatic rings. The summed E-state index contributed by atoms with van der Waals surface area (Å²) >= 11 is -7.68. The van der Waals surface area contributed by atoms with Crippen molar-refractivity contribution in [2.24, 2.45) is 0 Å². The Labute approximate surface area is 147 Å². The van der Waals surface area contributed by atoms with Crippen LogP contribution in [0.5, 0.6) is 0 Å². The maximum absolute atomic E-state index is 3.84. The van der Waals surface area contributed by atoms with E-state index in [0.717, 1.165) is 0 Å². The predicted octanol–water partition coefficient (Wildman–Crippen LogP) is 11.1. The second-order valence-corrected chi connectivity index (χ2v) is 154. The van der Waals surface area contributed by atoms with Gasteiger partial charge in [-0.2, -0.15) is 0 Å². The van der Waals surface area contributed by atoms with Gasteiger partial charge in [0.05, 0.1) is 0 Å². The van der Waals surface area contributed by atoms with E-state index in [-0.39, 0.29) is 0 Å². The van der Waals surface area contributed by atoms with Crippen LogP contribution in [0.2, 0.25) is 72.1 Å². The minimum absolute atomic E-state index is 0.615. The molecule has 0 amide bonds. The SMILES string of the molecule is [CH3][Zr]([CH3])([CH3])([CH3])([CH3])([CH3])([CH3])[CH]1C=CC=C1.[CH3][Zr]([CH3])([CH3])([CH3])([CH3])([CH3])([CH3])[CH]1C=CC=C1. The third-order valence-electron chi connectivity index (χ3n) is 6.16. The van der Waals surface area contributed by atoms with Gasteiger partial charge in [-0.15, -0.1) is 0 Å². The van der Waals surface area contributed by atoms with E-state index in [4.69, 9.17) is 0 Å². The van der Waals surface area contributed by atoms with Crippen molar-refractivity contribution in [3.05, 3.63) is 48.6 Å². The summed E-state index contributed by atoms with van der Waals surface area (Å²) in [7, 11) is 0. The summed E-state index contributed by atoms with van der Waals surface area (Å²) in [6.45, 7) is 0. The molecule has 0 radical (unpaired) electrons. The molecule has 0 bridgehead atoms. The summed E-state index contributed by atoms with van der Waals surface area (Å²) in [5, 5.41) is 0. The first-order valence-corrected chi connectivity index (χ1v) is 48.2. The van der Waals surface area contributed by atoms with E-state index in [9.17, 15) is 0 Å². The molecule has 0 aromatic carbocycles. The molecule has 156 valence electrons. The first-order valence-electron chi connectivity index (χ1n) is 10.9. The van der Waals surface area contributed by atoms with Crippen LogP contribution < -0.4 is 0 Å². The normalized spacial score (nSPS) is 30.4. The number of allylic oxidation sites excluding steroid dienone is 8. The van der Waals surface area contributed by atoms with Crippen molar-refractivity contribution in [3.63, 3.8) is 0 Å². The number of hydrogen-bond donors (Lipinski definition) is 0. The van der Waals surface area contributed by atoms with Gasteiger partial charge in [-0.3, -0.25) is 0 Å². The summed E-state index contributed by atoms with van der Waals surface area (Å²) < 4.78 is 36.6. The van der Waals surface area contributed by atoms with Gasteiger partial charge in [-0.25, -0.2) is 0 Å². The first-order chi connectivity index (χ1) is 9.99. The molecule has 0 aromatic heterocycles. The molecule has 0 atom stereocenters. The van der Waals surface area contributed by atoms with E-state index in [0.29, 0.717) is 7.25 Å². The Morgan fingerprint density at radius 1 is 0.346 bits per heavy atom. The van der Waals surface area contributed by atoms with E-state index in [1.807, 2.05) is 0 Å². The first kappa shape index (κ1) is 24.8. The fraction of sp³-hybridized carbons (Fsp3) is 0.667. The van der Waals surface area contributed by atoms with Crippen LogP contribution in [0.4, 0.5) is 0 Å². The van der Waals surface area contributed by atoms with E-state index < -0.39 is 28.7 Å². The maximum atomic E-state index is 2.52. The van der Waals surface area contributed by atoms with E-state index in [2.05, 4.69) is 113 Å². The molecule has 0 aromatic rings. The summed E-state index contributed by atoms with van der Waals surface area (Å²) in [5.41, 5.74) is 0. The fourth-order valence-corrected chi connectivity index (χ4v) is 17.9. The van der Waals surface area contributed by atoms with Crippen LogP contribution in [0.15, 0.2) is 48.6 Å². The van der Waals surface area contributed by atoms with Crippen molar-refractivity contribution < 1.29 is 28.7 Å². The van der Waals surface area contributed by atoms with E-state index in [1.165, 1.54) is 0 Å². The zero-order chi connectivity index (χ0) is 21.5. The number of rotatable bonds is 2. The topological polar surface area (TPSA) is 0 Å². The van der Waals surface area contributed by atoms with Crippen molar-refractivity contribution in [3.8, 4) is 0 Å². The molecule has 0 saturated heterocycles. The molecular formula is C24H52Zr2. The van der Waals surface area contributed by atoms with Gasteiger partial charge in [0.15, 0.2) is 0 Å². The number of hydrogen-bond acceptors (Lipinski definition) is 0. The third kappa shape index (κ3) is 7.62. The molecule has 0 fully saturated rings. The summed E-state index contributed by atoms with van der Waals surface area (Å²) in [5.74, 6) is 0. The molecule has 0 spiro atoms. The Bertz CT molecular complexity index is 707. The van der Waals surface area contributed by atoms with Crippen molar-refractivity contribution in [2.45, 2.75) is 72.1 Å². The molecule has 2 aliphatic carbocycles. The van der Waals surface area contributed by atoms with Gasteiger partial charge in [0.1, 0.15) is 0 Å². The average Bonchev–Trinajstić information content (AvgIpc) is 2.83. The summed E-state index contributed by atoms with van der Waals surface area (Å²) in [4.78, 5) is 0. The van der Waals surface area contributed by atoms with Crippen molar-refractivity contribution >= 4 is 0 Å². The van der Waals surface area contributed by atoms with Crippen LogP contribution in [-0.2, 0) is 28.7 Å². The molecule has 0 aliphatic heterocycles. The van der Waals surface area contributed by atoms with Gasteiger partial charge in [-0.1, -0.05) is 0 Å². The van der Waals surface area contributed by atoms with Crippen LogP contribution in [0.25, 0.3) is 0 Å². The van der Waals surface area contributed by atoms with Crippen molar-refractivity contribution in [2.75, 3.05) is 0 Å². The van der Waals surface area contributed by atoms with Crippen LogP contribution >= 0.6 is 0 Å². The van der Waals surface area contributed by atoms with Gasteiger partial charge in [0.25, 0.3) is 0 Å². The summed E-state index contributed by atoms with van der Waals surface area (Å²) in [6.07, 6.45) is 18.2. The third-order valence-corrected chi connectivity index (χ3v) is 31.0. The quantitative estimate of drug-likeness (QED) is 0.338. The Morgan fingerprint density at radius 2 is 0.500 bits per heavy atom. The van der Waals surface area contributed by atoms with Crippen LogP contribution in [0.1, 0.15) is 0 Å². The van der Waals surface area contributed by atoms with Gasteiger partial charge in [-0.05, 0) is 0 Å². The van der Waals surface area contributed by atoms with E-state index >= 15 is 0 Å². The Kier molecular flexibility index (Phi) is 2.99. The second-order valence-electron chi connectivity index (χ2n) is 27.6. The van der Waals surface area contributed by atoms with Crippen LogP contribution in [0, 0.1) is 0 Å². The van der Waals surface area contributed by atoms with Crippen LogP contribution in [0.3, 0.4) is 0 Å². The Morgan fingerprint density at radius 3 is 0.577 bits per heavy atom. The molecule has 0 unspecified atom stereocenters. The molecular weight excluding hydrogens is 471 g/mol. The standard InChI is InChI=1S/2C5H5.14CH3.2Zr/c2*1-2-4-5-3-1;;;;;;;;;;;;;;;;/h2*1-5H;14*1H3;;.